The highest BCUT2D eigenvalue weighted by Crippen LogP contribution is 2.29. The van der Waals surface area contributed by atoms with Crippen LogP contribution in [0.3, 0.4) is 0 Å². The first-order valence-electron chi connectivity index (χ1n) is 12.6. The Hall–Kier alpha value is -3.83. The van der Waals surface area contributed by atoms with E-state index in [1.807, 2.05) is 31.2 Å². The van der Waals surface area contributed by atoms with Crippen LogP contribution in [0, 0.1) is 6.92 Å². The van der Waals surface area contributed by atoms with Crippen LogP contribution in [0.1, 0.15) is 46.4 Å². The maximum absolute atomic E-state index is 13.4. The summed E-state index contributed by atoms with van der Waals surface area (Å²) in [7, 11) is 0. The molecule has 0 unspecified atom stereocenters. The number of hydrogen-bond donors (Lipinski definition) is 1. The number of amides is 1. The van der Waals surface area contributed by atoms with Crippen LogP contribution >= 0.6 is 0 Å². The minimum absolute atomic E-state index is 0.0449. The molecule has 2 aliphatic rings. The van der Waals surface area contributed by atoms with Crippen LogP contribution in [0.15, 0.2) is 51.9 Å². The summed E-state index contributed by atoms with van der Waals surface area (Å²) < 4.78 is 12.9. The number of furan rings is 1. The number of pyridine rings is 1. The average molecular weight is 504 g/mol. The molecule has 0 saturated carbocycles. The second kappa shape index (κ2) is 9.91. The first-order valence-corrected chi connectivity index (χ1v) is 12.6. The fourth-order valence-corrected chi connectivity index (χ4v) is 5.29. The zero-order chi connectivity index (χ0) is 25.4. The summed E-state index contributed by atoms with van der Waals surface area (Å²) in [5, 5.41) is 13.6. The number of ether oxygens (including phenoxy) is 1. The molecule has 4 aromatic rings. The molecule has 11 heteroatoms. The van der Waals surface area contributed by atoms with Gasteiger partial charge in [0, 0.05) is 43.9 Å². The Morgan fingerprint density at radius 1 is 1.19 bits per heavy atom. The van der Waals surface area contributed by atoms with Crippen LogP contribution in [-0.2, 0) is 11.3 Å². The van der Waals surface area contributed by atoms with Gasteiger partial charge in [0.15, 0.2) is 11.6 Å². The Morgan fingerprint density at radius 2 is 2.05 bits per heavy atom. The number of carbonyl (C=O) groups is 1. The van der Waals surface area contributed by atoms with Crippen molar-refractivity contribution in [2.24, 2.45) is 0 Å². The lowest BCUT2D eigenvalue weighted by atomic mass is 10.0. The topological polar surface area (TPSA) is 122 Å². The Labute approximate surface area is 213 Å². The monoisotopic (exact) mass is 503 g/mol. The summed E-state index contributed by atoms with van der Waals surface area (Å²) in [6.45, 7) is 5.35. The number of aromatic amines is 1. The van der Waals surface area contributed by atoms with E-state index in [0.29, 0.717) is 49.9 Å². The highest BCUT2D eigenvalue weighted by Gasteiger charge is 2.34. The number of fused-ring (bicyclic) bond motifs is 1. The van der Waals surface area contributed by atoms with Gasteiger partial charge in [-0.3, -0.25) is 14.5 Å². The van der Waals surface area contributed by atoms with Gasteiger partial charge in [0.05, 0.1) is 18.9 Å². The fourth-order valence-electron chi connectivity index (χ4n) is 5.29. The number of nitrogens with one attached hydrogen (secondary N) is 1. The summed E-state index contributed by atoms with van der Waals surface area (Å²) in [6.07, 6.45) is 3.51. The van der Waals surface area contributed by atoms with Gasteiger partial charge in [-0.05, 0) is 65.4 Å². The molecule has 2 saturated heterocycles. The number of carbonyl (C=O) groups excluding carboxylic acids is 1. The number of rotatable bonds is 6. The number of aromatic nitrogens is 5. The van der Waals surface area contributed by atoms with Gasteiger partial charge in [0.1, 0.15) is 6.04 Å². The van der Waals surface area contributed by atoms with Gasteiger partial charge < -0.3 is 19.0 Å². The highest BCUT2D eigenvalue weighted by molar-refractivity contribution is 5.91. The van der Waals surface area contributed by atoms with Crippen LogP contribution in [0.4, 0.5) is 0 Å². The van der Waals surface area contributed by atoms with Gasteiger partial charge in [-0.25, -0.2) is 4.68 Å². The minimum Gasteiger partial charge on any atom is -0.459 e. The van der Waals surface area contributed by atoms with Gasteiger partial charge in [-0.2, -0.15) is 0 Å². The second-order valence-corrected chi connectivity index (χ2v) is 9.71. The van der Waals surface area contributed by atoms with Crippen molar-refractivity contribution >= 4 is 16.8 Å². The summed E-state index contributed by atoms with van der Waals surface area (Å²) in [5.74, 6) is 0.786. The molecule has 1 aromatic carbocycles. The van der Waals surface area contributed by atoms with Gasteiger partial charge in [-0.15, -0.1) is 5.10 Å². The number of aryl methyl sites for hydroxylation is 1. The van der Waals surface area contributed by atoms with Gasteiger partial charge in [-0.1, -0.05) is 12.1 Å². The van der Waals surface area contributed by atoms with Crippen molar-refractivity contribution < 1.29 is 13.9 Å². The lowest BCUT2D eigenvalue weighted by Gasteiger charge is -2.38. The van der Waals surface area contributed by atoms with Crippen LogP contribution in [0.25, 0.3) is 10.9 Å². The van der Waals surface area contributed by atoms with E-state index in [0.717, 1.165) is 35.9 Å². The molecule has 1 N–H and O–H groups in total. The van der Waals surface area contributed by atoms with E-state index in [1.165, 1.54) is 6.26 Å². The molecule has 0 spiro atoms. The molecule has 0 radical (unpaired) electrons. The molecule has 192 valence electrons. The molecule has 6 rings (SSSR count). The number of H-pyrrole nitrogens is 1. The van der Waals surface area contributed by atoms with Crippen LogP contribution in [0.2, 0.25) is 0 Å². The lowest BCUT2D eigenvalue weighted by Crippen LogP contribution is -2.50. The van der Waals surface area contributed by atoms with Crippen molar-refractivity contribution in [1.82, 2.24) is 35.0 Å². The normalized spacial score (nSPS) is 19.5. The molecule has 2 aliphatic heterocycles. The molecule has 0 bridgehead atoms. The van der Waals surface area contributed by atoms with Crippen molar-refractivity contribution in [2.75, 3.05) is 32.8 Å². The third kappa shape index (κ3) is 4.67. The molecule has 5 heterocycles. The number of nitrogens with zero attached hydrogens (tertiary/aromatic N) is 6. The minimum atomic E-state index is -0.480. The molecular weight excluding hydrogens is 474 g/mol. The van der Waals surface area contributed by atoms with Crippen molar-refractivity contribution in [3.05, 3.63) is 75.7 Å². The first-order chi connectivity index (χ1) is 18.1. The van der Waals surface area contributed by atoms with Gasteiger partial charge >= 0.3 is 0 Å². The average Bonchev–Trinajstić information content (AvgIpc) is 3.69. The zero-order valence-electron chi connectivity index (χ0n) is 20.7. The predicted molar refractivity (Wildman–Crippen MR) is 134 cm³/mol. The Morgan fingerprint density at radius 3 is 2.81 bits per heavy atom. The predicted octanol–water partition coefficient (Wildman–Crippen LogP) is 2.14. The zero-order valence-corrected chi connectivity index (χ0v) is 20.7. The number of piperazine rings is 1. The van der Waals surface area contributed by atoms with E-state index in [-0.39, 0.29) is 17.6 Å². The maximum Gasteiger partial charge on any atom is 0.289 e. The number of hydrogen-bond acceptors (Lipinski definition) is 8. The standard InChI is InChI=1S/C26H29N7O4/c1-17-6-7-18-15-20(25(34)27-21(18)14-17)23(24-28-29-30-33(24)16-19-4-2-12-36-19)31-8-10-32(11-9-31)26(35)22-5-3-13-37-22/h3,5-7,13-15,19,23H,2,4,8-12,16H2,1H3,(H,27,34)/t19-,23-/m1/s1. The van der Waals surface area contributed by atoms with Crippen LogP contribution in [0.5, 0.6) is 0 Å². The van der Waals surface area contributed by atoms with Crippen molar-refractivity contribution in [2.45, 2.75) is 38.5 Å². The molecule has 37 heavy (non-hydrogen) atoms. The highest BCUT2D eigenvalue weighted by atomic mass is 16.5. The summed E-state index contributed by atoms with van der Waals surface area (Å²) in [5.41, 5.74) is 2.26. The van der Waals surface area contributed by atoms with Crippen molar-refractivity contribution in [1.29, 1.82) is 0 Å². The molecule has 2 fully saturated rings. The Balaban J connectivity index is 1.35. The first kappa shape index (κ1) is 23.6. The van der Waals surface area contributed by atoms with Crippen LogP contribution in [-0.4, -0.2) is 79.8 Å². The summed E-state index contributed by atoms with van der Waals surface area (Å²) >= 11 is 0. The summed E-state index contributed by atoms with van der Waals surface area (Å²) in [6, 6.07) is 10.8. The van der Waals surface area contributed by atoms with E-state index in [1.54, 1.807) is 21.7 Å². The largest absolute Gasteiger partial charge is 0.459 e. The lowest BCUT2D eigenvalue weighted by molar-refractivity contribution is 0.0550. The Kier molecular flexibility index (Phi) is 6.31. The quantitative estimate of drug-likeness (QED) is 0.425. The number of benzene rings is 1. The third-order valence-corrected chi connectivity index (χ3v) is 7.23. The van der Waals surface area contributed by atoms with E-state index in [9.17, 15) is 9.59 Å². The molecule has 2 atom stereocenters. The molecular formula is C26H29N7O4. The fraction of sp³-hybridized carbons (Fsp3) is 0.423. The van der Waals surface area contributed by atoms with E-state index in [2.05, 4.69) is 25.4 Å². The molecule has 11 nitrogen and oxygen atoms in total. The van der Waals surface area contributed by atoms with E-state index >= 15 is 0 Å². The van der Waals surface area contributed by atoms with Crippen molar-refractivity contribution in [3.63, 3.8) is 0 Å². The molecule has 1 amide bonds. The maximum atomic E-state index is 13.4. The molecule has 0 aliphatic carbocycles. The number of tetrazole rings is 1. The second-order valence-electron chi connectivity index (χ2n) is 9.71. The Bertz CT molecular complexity index is 1450. The SMILES string of the molecule is Cc1ccc2cc([C@H](c3nnnn3C[C@H]3CCCO3)N3CCN(C(=O)c4ccco4)CC3)c(=O)[nH]c2c1. The van der Waals surface area contributed by atoms with E-state index < -0.39 is 6.04 Å². The van der Waals surface area contributed by atoms with Crippen molar-refractivity contribution in [3.8, 4) is 0 Å². The van der Waals surface area contributed by atoms with Crippen LogP contribution < -0.4 is 5.56 Å². The van der Waals surface area contributed by atoms with Gasteiger partial charge in [0.2, 0.25) is 0 Å². The molecule has 3 aromatic heterocycles. The smallest absolute Gasteiger partial charge is 0.289 e. The summed E-state index contributed by atoms with van der Waals surface area (Å²) in [4.78, 5) is 33.3. The van der Waals surface area contributed by atoms with E-state index in [4.69, 9.17) is 9.15 Å². The van der Waals surface area contributed by atoms with Gasteiger partial charge in [0.25, 0.3) is 11.5 Å². The third-order valence-electron chi connectivity index (χ3n) is 7.23.